The second-order valence-electron chi connectivity index (χ2n) is 11.0. The van der Waals surface area contributed by atoms with Crippen molar-refractivity contribution in [1.29, 1.82) is 0 Å². The maximum atomic E-state index is 13.6. The SMILES string of the molecule is CCCN(CC(=O)NC(C(=O)Nc1nc2ccccc2c2c1nc(COCC)n2CC(C)(C)O)C(C)C)C(=O)CN. The molecule has 1 unspecified atom stereocenters. The summed E-state index contributed by atoms with van der Waals surface area (Å²) in [6, 6.07) is 6.61. The first-order valence-corrected chi connectivity index (χ1v) is 14.1. The fourth-order valence-corrected chi connectivity index (χ4v) is 4.64. The molecule has 1 atom stereocenters. The minimum absolute atomic E-state index is 0.193. The van der Waals surface area contributed by atoms with E-state index in [0.29, 0.717) is 41.9 Å². The summed E-state index contributed by atoms with van der Waals surface area (Å²) in [7, 11) is 0. The van der Waals surface area contributed by atoms with Gasteiger partial charge in [0.15, 0.2) is 5.82 Å². The number of rotatable bonds is 14. The van der Waals surface area contributed by atoms with Gasteiger partial charge in [0.05, 0.1) is 36.3 Å². The van der Waals surface area contributed by atoms with Gasteiger partial charge in [-0.3, -0.25) is 14.4 Å². The first kappa shape index (κ1) is 31.9. The molecule has 3 amide bonds. The molecule has 0 saturated heterocycles. The van der Waals surface area contributed by atoms with E-state index in [1.807, 2.05) is 56.5 Å². The van der Waals surface area contributed by atoms with Crippen LogP contribution in [0.5, 0.6) is 0 Å². The zero-order valence-electron chi connectivity index (χ0n) is 24.9. The monoisotopic (exact) mass is 569 g/mol. The molecule has 0 aliphatic carbocycles. The second kappa shape index (κ2) is 13.8. The lowest BCUT2D eigenvalue weighted by Gasteiger charge is -2.25. The fourth-order valence-electron chi connectivity index (χ4n) is 4.64. The molecule has 12 nitrogen and oxygen atoms in total. The van der Waals surface area contributed by atoms with E-state index in [1.54, 1.807) is 13.8 Å². The van der Waals surface area contributed by atoms with Gasteiger partial charge in [0.25, 0.3) is 0 Å². The first-order chi connectivity index (χ1) is 19.4. The number of hydrogen-bond acceptors (Lipinski definition) is 8. The average molecular weight is 570 g/mol. The highest BCUT2D eigenvalue weighted by atomic mass is 16.5. The van der Waals surface area contributed by atoms with E-state index in [0.717, 1.165) is 5.39 Å². The normalized spacial score (nSPS) is 12.6. The third-order valence-corrected chi connectivity index (χ3v) is 6.51. The summed E-state index contributed by atoms with van der Waals surface area (Å²) < 4.78 is 7.57. The number of benzene rings is 1. The van der Waals surface area contributed by atoms with Crippen molar-refractivity contribution < 1.29 is 24.2 Å². The summed E-state index contributed by atoms with van der Waals surface area (Å²) in [5.41, 5.74) is 6.25. The number of amides is 3. The van der Waals surface area contributed by atoms with Gasteiger partial charge in [0, 0.05) is 18.5 Å². The Kier molecular flexibility index (Phi) is 10.8. The molecule has 5 N–H and O–H groups in total. The zero-order chi connectivity index (χ0) is 30.3. The van der Waals surface area contributed by atoms with E-state index in [9.17, 15) is 19.5 Å². The van der Waals surface area contributed by atoms with Crippen LogP contribution in [0.15, 0.2) is 24.3 Å². The van der Waals surface area contributed by atoms with Crippen LogP contribution in [0.25, 0.3) is 21.9 Å². The van der Waals surface area contributed by atoms with Gasteiger partial charge in [0.2, 0.25) is 17.7 Å². The molecular weight excluding hydrogens is 526 g/mol. The van der Waals surface area contributed by atoms with E-state index in [4.69, 9.17) is 20.4 Å². The molecule has 0 aliphatic heterocycles. The number of pyridine rings is 1. The van der Waals surface area contributed by atoms with Crippen LogP contribution in [0, 0.1) is 5.92 Å². The van der Waals surface area contributed by atoms with E-state index in [2.05, 4.69) is 10.6 Å². The quantitative estimate of drug-likeness (QED) is 0.229. The Morgan fingerprint density at radius 2 is 1.88 bits per heavy atom. The van der Waals surface area contributed by atoms with Crippen molar-refractivity contribution in [1.82, 2.24) is 24.8 Å². The molecular formula is C29H43N7O5. The van der Waals surface area contributed by atoms with Crippen LogP contribution in [0.4, 0.5) is 5.82 Å². The summed E-state index contributed by atoms with van der Waals surface area (Å²) in [4.78, 5) is 49.5. The average Bonchev–Trinajstić information content (AvgIpc) is 3.26. The number of fused-ring (bicyclic) bond motifs is 3. The number of anilines is 1. The molecule has 0 aliphatic rings. The second-order valence-corrected chi connectivity index (χ2v) is 11.0. The molecule has 0 spiro atoms. The lowest BCUT2D eigenvalue weighted by atomic mass is 10.0. The topological polar surface area (TPSA) is 165 Å². The van der Waals surface area contributed by atoms with Crippen molar-refractivity contribution in [2.24, 2.45) is 11.7 Å². The molecule has 0 saturated carbocycles. The van der Waals surface area contributed by atoms with Gasteiger partial charge in [0.1, 0.15) is 24.0 Å². The third kappa shape index (κ3) is 7.99. The van der Waals surface area contributed by atoms with Crippen molar-refractivity contribution in [3.8, 4) is 0 Å². The summed E-state index contributed by atoms with van der Waals surface area (Å²) in [5, 5.41) is 17.2. The minimum Gasteiger partial charge on any atom is -0.389 e. The van der Waals surface area contributed by atoms with Gasteiger partial charge in [-0.05, 0) is 39.2 Å². The molecule has 2 heterocycles. The van der Waals surface area contributed by atoms with E-state index in [-0.39, 0.29) is 43.9 Å². The number of para-hydroxylation sites is 1. The molecule has 1 aromatic carbocycles. The van der Waals surface area contributed by atoms with Crippen LogP contribution in [0.1, 0.15) is 53.8 Å². The summed E-state index contributed by atoms with van der Waals surface area (Å²) >= 11 is 0. The molecule has 12 heteroatoms. The molecule has 0 fully saturated rings. The minimum atomic E-state index is -1.05. The smallest absolute Gasteiger partial charge is 0.248 e. The Morgan fingerprint density at radius 1 is 1.17 bits per heavy atom. The summed E-state index contributed by atoms with van der Waals surface area (Å²) in [5.74, 6) is -0.693. The fraction of sp³-hybridized carbons (Fsp3) is 0.552. The molecule has 2 aromatic heterocycles. The van der Waals surface area contributed by atoms with Crippen molar-refractivity contribution in [3.05, 3.63) is 30.1 Å². The Hall–Kier alpha value is -3.61. The number of aromatic nitrogens is 3. The molecule has 3 aromatic rings. The molecule has 3 rings (SSSR count). The van der Waals surface area contributed by atoms with Gasteiger partial charge >= 0.3 is 0 Å². The van der Waals surface area contributed by atoms with E-state index >= 15 is 0 Å². The largest absolute Gasteiger partial charge is 0.389 e. The third-order valence-electron chi connectivity index (χ3n) is 6.51. The lowest BCUT2D eigenvalue weighted by molar-refractivity contribution is -0.136. The number of nitrogens with two attached hydrogens (primary N) is 1. The molecule has 0 radical (unpaired) electrons. The van der Waals surface area contributed by atoms with Crippen LogP contribution in [0.2, 0.25) is 0 Å². The lowest BCUT2D eigenvalue weighted by Crippen LogP contribution is -2.51. The standard InChI is InChI=1S/C29H43N7O5/c1-7-13-35(23(38)14-30)15-22(37)33-24(18(3)4)28(39)34-27-25-26(19-11-9-10-12-20(19)31-27)36(17-29(5,6)40)21(32-25)16-41-8-2/h9-12,18,24,40H,7-8,13-17,30H2,1-6H3,(H,33,37)(H,31,34,39). The Morgan fingerprint density at radius 3 is 2.49 bits per heavy atom. The van der Waals surface area contributed by atoms with Crippen LogP contribution in [-0.2, 0) is 32.3 Å². The maximum Gasteiger partial charge on any atom is 0.248 e. The van der Waals surface area contributed by atoms with Gasteiger partial charge < -0.3 is 35.7 Å². The molecule has 224 valence electrons. The van der Waals surface area contributed by atoms with Crippen LogP contribution < -0.4 is 16.4 Å². The number of carbonyl (C=O) groups is 3. The highest BCUT2D eigenvalue weighted by molar-refractivity contribution is 6.10. The van der Waals surface area contributed by atoms with Crippen LogP contribution in [-0.4, -0.2) is 80.1 Å². The number of carbonyl (C=O) groups excluding carboxylic acids is 3. The number of aliphatic hydroxyl groups is 1. The van der Waals surface area contributed by atoms with Crippen LogP contribution in [0.3, 0.4) is 0 Å². The van der Waals surface area contributed by atoms with Gasteiger partial charge in [-0.1, -0.05) is 39.0 Å². The van der Waals surface area contributed by atoms with Gasteiger partial charge in [-0.15, -0.1) is 0 Å². The van der Waals surface area contributed by atoms with E-state index in [1.165, 1.54) is 4.90 Å². The maximum absolute atomic E-state index is 13.6. The highest BCUT2D eigenvalue weighted by Crippen LogP contribution is 2.31. The zero-order valence-corrected chi connectivity index (χ0v) is 24.9. The van der Waals surface area contributed by atoms with Crippen molar-refractivity contribution in [2.45, 2.75) is 72.8 Å². The van der Waals surface area contributed by atoms with Crippen molar-refractivity contribution in [3.63, 3.8) is 0 Å². The number of imidazole rings is 1. The Bertz CT molecular complexity index is 1380. The molecule has 0 bridgehead atoms. The van der Waals surface area contributed by atoms with Gasteiger partial charge in [-0.2, -0.15) is 0 Å². The van der Waals surface area contributed by atoms with Crippen molar-refractivity contribution in [2.75, 3.05) is 31.6 Å². The van der Waals surface area contributed by atoms with E-state index < -0.39 is 23.5 Å². The Balaban J connectivity index is 2.01. The number of nitrogens with zero attached hydrogens (tertiary/aromatic N) is 4. The number of nitrogens with one attached hydrogen (secondary N) is 2. The molecule has 41 heavy (non-hydrogen) atoms. The Labute approximate surface area is 240 Å². The number of hydrogen-bond donors (Lipinski definition) is 4. The van der Waals surface area contributed by atoms with Gasteiger partial charge in [-0.25, -0.2) is 9.97 Å². The summed E-state index contributed by atoms with van der Waals surface area (Å²) in [6.45, 7) is 11.8. The predicted molar refractivity (Wildman–Crippen MR) is 158 cm³/mol. The first-order valence-electron chi connectivity index (χ1n) is 14.1. The highest BCUT2D eigenvalue weighted by Gasteiger charge is 2.28. The van der Waals surface area contributed by atoms with Crippen LogP contribution >= 0.6 is 0 Å². The predicted octanol–water partition coefficient (Wildman–Crippen LogP) is 2.17. The number of ether oxygens (including phenoxy) is 1. The summed E-state index contributed by atoms with van der Waals surface area (Å²) in [6.07, 6.45) is 0.669. The van der Waals surface area contributed by atoms with Crippen molar-refractivity contribution >= 4 is 45.5 Å².